The van der Waals surface area contributed by atoms with Crippen molar-refractivity contribution in [3.63, 3.8) is 0 Å². The normalized spacial score (nSPS) is 16.2. The van der Waals surface area contributed by atoms with Gasteiger partial charge in [0.15, 0.2) is 0 Å². The van der Waals surface area contributed by atoms with Crippen LogP contribution in [0.2, 0.25) is 26.2 Å². The lowest BCUT2D eigenvalue weighted by atomic mass is 10.2. The van der Waals surface area contributed by atoms with Gasteiger partial charge in [0.05, 0.1) is 0 Å². The highest BCUT2D eigenvalue weighted by atomic mass is 29.3. The molecule has 0 spiro atoms. The molecule has 0 aromatic rings. The second-order valence-electron chi connectivity index (χ2n) is 7.15. The van der Waals surface area contributed by atoms with Gasteiger partial charge in [-0.05, 0) is 26.2 Å². The lowest BCUT2D eigenvalue weighted by molar-refractivity contribution is -0.359. The van der Waals surface area contributed by atoms with Crippen LogP contribution in [0.25, 0.3) is 0 Å². The van der Waals surface area contributed by atoms with E-state index < -0.39 is 64.9 Å². The van der Waals surface area contributed by atoms with Gasteiger partial charge in [0.2, 0.25) is 15.7 Å². The van der Waals surface area contributed by atoms with E-state index in [0.29, 0.717) is 0 Å². The summed E-state index contributed by atoms with van der Waals surface area (Å²) in [7, 11) is -8.01. The van der Waals surface area contributed by atoms with Gasteiger partial charge in [-0.1, -0.05) is 0 Å². The lowest BCUT2D eigenvalue weighted by Crippen LogP contribution is -2.64. The zero-order valence-corrected chi connectivity index (χ0v) is 17.5. The summed E-state index contributed by atoms with van der Waals surface area (Å²) in [6, 6.07) is 0. The third kappa shape index (κ3) is 5.59. The number of hydrogen-bond donors (Lipinski definition) is 0. The van der Waals surface area contributed by atoms with E-state index in [0.717, 1.165) is 26.2 Å². The van der Waals surface area contributed by atoms with Crippen LogP contribution in [0.3, 0.4) is 0 Å². The van der Waals surface area contributed by atoms with Crippen LogP contribution in [-0.2, 0) is 8.85 Å². The van der Waals surface area contributed by atoms with Crippen LogP contribution in [0.4, 0.5) is 61.5 Å². The molecular formula is C12H16F14O2Si2. The fourth-order valence-corrected chi connectivity index (χ4v) is 5.78. The maximum absolute atomic E-state index is 13.3. The van der Waals surface area contributed by atoms with Crippen molar-refractivity contribution in [3.05, 3.63) is 0 Å². The fraction of sp³-hybridized carbons (Fsp3) is 1.00. The third-order valence-corrected chi connectivity index (χ3v) is 18.5. The standard InChI is InChI=1S/C12H16F14O2Si2/c1-29(2,27-5-7(13,14)9(17,18)11(21,22)23)30(3,4)28-6-8(15,16)10(19,20)12(24,25)26/h5-6H2,1-4H3. The minimum atomic E-state index is -6.65. The first-order valence-corrected chi connectivity index (χ1v) is 14.4. The zero-order chi connectivity index (χ0) is 24.8. The van der Waals surface area contributed by atoms with Gasteiger partial charge in [0.1, 0.15) is 13.2 Å². The molecule has 0 rings (SSSR count). The molecule has 0 saturated heterocycles. The molecule has 0 aliphatic rings. The highest BCUT2D eigenvalue weighted by Gasteiger charge is 2.74. The van der Waals surface area contributed by atoms with Crippen LogP contribution in [0, 0.1) is 0 Å². The average Bonchev–Trinajstić information content (AvgIpc) is 2.48. The first kappa shape index (κ1) is 29.4. The minimum Gasteiger partial charge on any atom is -0.411 e. The topological polar surface area (TPSA) is 18.5 Å². The summed E-state index contributed by atoms with van der Waals surface area (Å²) in [5.41, 5.74) is 0. The summed E-state index contributed by atoms with van der Waals surface area (Å²) < 4.78 is 186. The maximum atomic E-state index is 13.3. The SMILES string of the molecule is C[Si](C)(OCC(F)(F)C(F)(F)C(F)(F)F)[Si](C)(C)OCC(F)(F)C(F)(F)C(F)(F)F. The summed E-state index contributed by atoms with van der Waals surface area (Å²) in [4.78, 5) is 0. The van der Waals surface area contributed by atoms with Crippen molar-refractivity contribution in [1.82, 2.24) is 0 Å². The summed E-state index contributed by atoms with van der Waals surface area (Å²) in [5, 5.41) is 0. The Morgan fingerprint density at radius 2 is 0.667 bits per heavy atom. The highest BCUT2D eigenvalue weighted by molar-refractivity contribution is 7.35. The zero-order valence-electron chi connectivity index (χ0n) is 15.5. The van der Waals surface area contributed by atoms with Gasteiger partial charge in [-0.2, -0.15) is 61.5 Å². The smallest absolute Gasteiger partial charge is 0.411 e. The number of rotatable bonds is 9. The van der Waals surface area contributed by atoms with Crippen LogP contribution < -0.4 is 0 Å². The maximum Gasteiger partial charge on any atom is 0.459 e. The van der Waals surface area contributed by atoms with Gasteiger partial charge >= 0.3 is 36.0 Å². The monoisotopic (exact) mass is 514 g/mol. The van der Waals surface area contributed by atoms with E-state index in [1.807, 2.05) is 0 Å². The van der Waals surface area contributed by atoms with E-state index in [1.54, 1.807) is 0 Å². The van der Waals surface area contributed by atoms with E-state index in [1.165, 1.54) is 0 Å². The molecule has 0 fully saturated rings. The molecule has 0 radical (unpaired) electrons. The van der Waals surface area contributed by atoms with Gasteiger partial charge in [-0.3, -0.25) is 0 Å². The molecule has 0 unspecified atom stereocenters. The molecular weight excluding hydrogens is 498 g/mol. The Balaban J connectivity index is 5.43. The minimum absolute atomic E-state index is 0.862. The summed E-state index contributed by atoms with van der Waals surface area (Å²) in [6.45, 7) is -1.59. The molecule has 0 N–H and O–H groups in total. The Morgan fingerprint density at radius 1 is 0.467 bits per heavy atom. The predicted molar refractivity (Wildman–Crippen MR) is 78.8 cm³/mol. The molecule has 2 nitrogen and oxygen atoms in total. The fourth-order valence-electron chi connectivity index (χ4n) is 1.49. The van der Waals surface area contributed by atoms with E-state index >= 15 is 0 Å². The Hall–Kier alpha value is -0.626. The average molecular weight is 514 g/mol. The predicted octanol–water partition coefficient (Wildman–Crippen LogP) is 6.17. The van der Waals surface area contributed by atoms with Gasteiger partial charge in [0.25, 0.3) is 0 Å². The van der Waals surface area contributed by atoms with Crippen molar-refractivity contribution >= 4 is 15.7 Å². The van der Waals surface area contributed by atoms with Crippen LogP contribution in [0.1, 0.15) is 0 Å². The van der Waals surface area contributed by atoms with E-state index in [9.17, 15) is 61.5 Å². The quantitative estimate of drug-likeness (QED) is 0.271. The molecule has 0 heterocycles. The Labute approximate surface area is 162 Å². The van der Waals surface area contributed by atoms with Crippen LogP contribution in [-0.4, -0.2) is 64.9 Å². The largest absolute Gasteiger partial charge is 0.459 e. The molecule has 0 aromatic heterocycles. The number of hydrogen-bond acceptors (Lipinski definition) is 2. The number of halogens is 14. The molecule has 0 aromatic carbocycles. The molecule has 182 valence electrons. The highest BCUT2D eigenvalue weighted by Crippen LogP contribution is 2.48. The second kappa shape index (κ2) is 8.06. The molecule has 0 amide bonds. The van der Waals surface area contributed by atoms with Crippen molar-refractivity contribution in [2.24, 2.45) is 0 Å². The molecule has 0 bridgehead atoms. The van der Waals surface area contributed by atoms with Crippen molar-refractivity contribution < 1.29 is 70.3 Å². The Bertz CT molecular complexity index is 545. The third-order valence-electron chi connectivity index (χ3n) is 4.31. The molecule has 0 atom stereocenters. The van der Waals surface area contributed by atoms with Crippen molar-refractivity contribution in [3.8, 4) is 0 Å². The van der Waals surface area contributed by atoms with Crippen molar-refractivity contribution in [2.45, 2.75) is 62.2 Å². The lowest BCUT2D eigenvalue weighted by Gasteiger charge is -2.40. The number of alkyl halides is 14. The van der Waals surface area contributed by atoms with Crippen molar-refractivity contribution in [2.75, 3.05) is 13.2 Å². The molecule has 18 heteroatoms. The second-order valence-corrected chi connectivity index (χ2v) is 21.0. The van der Waals surface area contributed by atoms with E-state index in [4.69, 9.17) is 0 Å². The molecule has 0 aliphatic heterocycles. The van der Waals surface area contributed by atoms with Crippen LogP contribution >= 0.6 is 0 Å². The summed E-state index contributed by atoms with van der Waals surface area (Å²) >= 11 is 0. The molecule has 0 saturated carbocycles. The van der Waals surface area contributed by atoms with Gasteiger partial charge in [-0.15, -0.1) is 0 Å². The summed E-state index contributed by atoms with van der Waals surface area (Å²) in [6.07, 6.45) is -13.3. The summed E-state index contributed by atoms with van der Waals surface area (Å²) in [5.74, 6) is -24.6. The van der Waals surface area contributed by atoms with Gasteiger partial charge < -0.3 is 8.85 Å². The van der Waals surface area contributed by atoms with Crippen LogP contribution in [0.5, 0.6) is 0 Å². The first-order chi connectivity index (χ1) is 12.7. The first-order valence-electron chi connectivity index (χ1n) is 7.59. The van der Waals surface area contributed by atoms with E-state index in [-0.39, 0.29) is 0 Å². The van der Waals surface area contributed by atoms with Crippen LogP contribution in [0.15, 0.2) is 0 Å². The van der Waals surface area contributed by atoms with Gasteiger partial charge in [-0.25, -0.2) is 0 Å². The van der Waals surface area contributed by atoms with Gasteiger partial charge in [0, 0.05) is 0 Å². The van der Waals surface area contributed by atoms with Crippen molar-refractivity contribution in [1.29, 1.82) is 0 Å². The molecule has 30 heavy (non-hydrogen) atoms. The Morgan fingerprint density at radius 3 is 0.833 bits per heavy atom. The Kier molecular flexibility index (Phi) is 7.89. The van der Waals surface area contributed by atoms with E-state index in [2.05, 4.69) is 8.85 Å². The molecule has 0 aliphatic carbocycles.